The highest BCUT2D eigenvalue weighted by molar-refractivity contribution is 6.32. The molecule has 0 spiro atoms. The molecule has 6 nitrogen and oxygen atoms in total. The highest BCUT2D eigenvalue weighted by Gasteiger charge is 2.19. The average molecular weight is 383 g/mol. The molecule has 0 aromatic heterocycles. The molecule has 0 heterocycles. The molecule has 0 saturated carbocycles. The molecule has 26 heavy (non-hydrogen) atoms. The Kier molecular flexibility index (Phi) is 6.41. The van der Waals surface area contributed by atoms with Crippen molar-refractivity contribution in [2.75, 3.05) is 27.9 Å². The standard InChI is InChI=1S/C18H16ClFO6/c1-23-15-5-4-11(20)8-12(15)14(21)9-26-18(22)10-6-13(19)17(25-3)16(7-10)24-2/h4-8H,9H2,1-3H3. The number of hydrogen-bond acceptors (Lipinski definition) is 6. The largest absolute Gasteiger partial charge is 0.496 e. The molecular formula is C18H16ClFO6. The van der Waals surface area contributed by atoms with Gasteiger partial charge in [-0.2, -0.15) is 0 Å². The third kappa shape index (κ3) is 4.23. The summed E-state index contributed by atoms with van der Waals surface area (Å²) in [7, 11) is 4.15. The van der Waals surface area contributed by atoms with Crippen molar-refractivity contribution in [3.8, 4) is 17.2 Å². The van der Waals surface area contributed by atoms with E-state index in [0.717, 1.165) is 12.1 Å². The molecule has 8 heteroatoms. The van der Waals surface area contributed by atoms with Gasteiger partial charge in [-0.1, -0.05) is 11.6 Å². The van der Waals surface area contributed by atoms with E-state index in [-0.39, 0.29) is 33.4 Å². The van der Waals surface area contributed by atoms with E-state index in [9.17, 15) is 14.0 Å². The lowest BCUT2D eigenvalue weighted by Crippen LogP contribution is -2.15. The third-order valence-corrected chi connectivity index (χ3v) is 3.75. The maximum atomic E-state index is 13.4. The number of carbonyl (C=O) groups excluding carboxylic acids is 2. The summed E-state index contributed by atoms with van der Waals surface area (Å²) in [5.41, 5.74) is 0.0531. The van der Waals surface area contributed by atoms with Gasteiger partial charge in [0.05, 0.1) is 37.5 Å². The maximum Gasteiger partial charge on any atom is 0.338 e. The first kappa shape index (κ1) is 19.5. The Hall–Kier alpha value is -2.80. The predicted octanol–water partition coefficient (Wildman–Crippen LogP) is 3.54. The van der Waals surface area contributed by atoms with Gasteiger partial charge < -0.3 is 18.9 Å². The first-order valence-corrected chi connectivity index (χ1v) is 7.74. The smallest absolute Gasteiger partial charge is 0.338 e. The molecule has 2 aromatic rings. The SMILES string of the molecule is COc1ccc(F)cc1C(=O)COC(=O)c1cc(Cl)c(OC)c(OC)c1. The first-order valence-electron chi connectivity index (χ1n) is 7.36. The van der Waals surface area contributed by atoms with Crippen LogP contribution in [0.3, 0.4) is 0 Å². The Balaban J connectivity index is 2.15. The molecule has 0 radical (unpaired) electrons. The van der Waals surface area contributed by atoms with E-state index in [2.05, 4.69) is 0 Å². The molecule has 0 atom stereocenters. The summed E-state index contributed by atoms with van der Waals surface area (Å²) < 4.78 is 33.5. The molecule has 0 aliphatic rings. The molecule has 138 valence electrons. The van der Waals surface area contributed by atoms with Gasteiger partial charge in [-0.05, 0) is 30.3 Å². The van der Waals surface area contributed by atoms with Crippen LogP contribution in [0.4, 0.5) is 4.39 Å². The Morgan fingerprint density at radius 1 is 1.00 bits per heavy atom. The Labute approximate surface area is 154 Å². The van der Waals surface area contributed by atoms with Gasteiger partial charge >= 0.3 is 5.97 Å². The number of hydrogen-bond donors (Lipinski definition) is 0. The summed E-state index contributed by atoms with van der Waals surface area (Å²) in [5, 5.41) is 0.150. The lowest BCUT2D eigenvalue weighted by atomic mass is 10.1. The van der Waals surface area contributed by atoms with Crippen LogP contribution in [0, 0.1) is 5.82 Å². The minimum Gasteiger partial charge on any atom is -0.496 e. The van der Waals surface area contributed by atoms with Crippen LogP contribution >= 0.6 is 11.6 Å². The van der Waals surface area contributed by atoms with Crippen LogP contribution in [0.15, 0.2) is 30.3 Å². The van der Waals surface area contributed by atoms with Crippen LogP contribution in [0.2, 0.25) is 5.02 Å². The molecule has 0 aliphatic carbocycles. The molecule has 0 amide bonds. The van der Waals surface area contributed by atoms with Crippen molar-refractivity contribution in [1.29, 1.82) is 0 Å². The van der Waals surface area contributed by atoms with Crippen molar-refractivity contribution >= 4 is 23.4 Å². The van der Waals surface area contributed by atoms with Crippen LogP contribution in [0.5, 0.6) is 17.2 Å². The number of ether oxygens (including phenoxy) is 4. The lowest BCUT2D eigenvalue weighted by Gasteiger charge is -2.12. The van der Waals surface area contributed by atoms with E-state index in [4.69, 9.17) is 30.5 Å². The normalized spacial score (nSPS) is 10.2. The third-order valence-electron chi connectivity index (χ3n) is 3.47. The number of benzene rings is 2. The summed E-state index contributed by atoms with van der Waals surface area (Å²) in [4.78, 5) is 24.4. The van der Waals surface area contributed by atoms with E-state index in [0.29, 0.717) is 0 Å². The number of esters is 1. The van der Waals surface area contributed by atoms with Gasteiger partial charge in [0.15, 0.2) is 18.1 Å². The monoisotopic (exact) mass is 382 g/mol. The number of carbonyl (C=O) groups is 2. The molecule has 0 aliphatic heterocycles. The molecule has 0 unspecified atom stereocenters. The maximum absolute atomic E-state index is 13.4. The molecule has 0 fully saturated rings. The van der Waals surface area contributed by atoms with Crippen molar-refractivity contribution < 1.29 is 32.9 Å². The van der Waals surface area contributed by atoms with Crippen molar-refractivity contribution in [1.82, 2.24) is 0 Å². The first-order chi connectivity index (χ1) is 12.4. The second-order valence-corrected chi connectivity index (χ2v) is 5.44. The number of Topliss-reactive ketones (excluding diaryl/α,β-unsaturated/α-hetero) is 1. The molecule has 2 rings (SSSR count). The molecule has 0 N–H and O–H groups in total. The van der Waals surface area contributed by atoms with E-state index >= 15 is 0 Å². The zero-order chi connectivity index (χ0) is 19.3. The van der Waals surface area contributed by atoms with Gasteiger partial charge in [0.25, 0.3) is 0 Å². The second kappa shape index (κ2) is 8.53. The molecule has 2 aromatic carbocycles. The van der Waals surface area contributed by atoms with Gasteiger partial charge in [0, 0.05) is 0 Å². The average Bonchev–Trinajstić information content (AvgIpc) is 2.64. The zero-order valence-electron chi connectivity index (χ0n) is 14.3. The molecule has 0 bridgehead atoms. The van der Waals surface area contributed by atoms with Crippen molar-refractivity contribution in [2.24, 2.45) is 0 Å². The minimum atomic E-state index is -0.795. The Morgan fingerprint density at radius 3 is 2.31 bits per heavy atom. The van der Waals surface area contributed by atoms with E-state index in [1.807, 2.05) is 0 Å². The minimum absolute atomic E-state index is 0.0226. The number of ketones is 1. The number of halogens is 2. The highest BCUT2D eigenvalue weighted by Crippen LogP contribution is 2.36. The summed E-state index contributed by atoms with van der Waals surface area (Å²) in [6.45, 7) is -0.593. The van der Waals surface area contributed by atoms with E-state index < -0.39 is 24.2 Å². The summed E-state index contributed by atoms with van der Waals surface area (Å²) in [6, 6.07) is 6.20. The van der Waals surface area contributed by atoms with Gasteiger partial charge in [-0.25, -0.2) is 9.18 Å². The number of rotatable bonds is 7. The highest BCUT2D eigenvalue weighted by atomic mass is 35.5. The van der Waals surface area contributed by atoms with Crippen LogP contribution in [0.25, 0.3) is 0 Å². The number of methoxy groups -OCH3 is 3. The van der Waals surface area contributed by atoms with Crippen molar-refractivity contribution in [3.63, 3.8) is 0 Å². The quantitative estimate of drug-likeness (QED) is 0.538. The van der Waals surface area contributed by atoms with E-state index in [1.54, 1.807) is 0 Å². The van der Waals surface area contributed by atoms with Gasteiger partial charge in [-0.15, -0.1) is 0 Å². The van der Waals surface area contributed by atoms with Crippen LogP contribution in [0.1, 0.15) is 20.7 Å². The van der Waals surface area contributed by atoms with Crippen LogP contribution < -0.4 is 14.2 Å². The fraction of sp³-hybridized carbons (Fsp3) is 0.222. The van der Waals surface area contributed by atoms with Crippen LogP contribution in [-0.4, -0.2) is 39.7 Å². The summed E-state index contributed by atoms with van der Waals surface area (Å²) in [5.74, 6) is -1.32. The summed E-state index contributed by atoms with van der Waals surface area (Å²) in [6.07, 6.45) is 0. The van der Waals surface area contributed by atoms with Gasteiger partial charge in [-0.3, -0.25) is 4.79 Å². The van der Waals surface area contributed by atoms with Gasteiger partial charge in [0.1, 0.15) is 11.6 Å². The second-order valence-electron chi connectivity index (χ2n) is 5.04. The molecular weight excluding hydrogens is 367 g/mol. The summed E-state index contributed by atoms with van der Waals surface area (Å²) >= 11 is 6.04. The predicted molar refractivity (Wildman–Crippen MR) is 92.1 cm³/mol. The lowest BCUT2D eigenvalue weighted by molar-refractivity contribution is 0.0473. The fourth-order valence-electron chi connectivity index (χ4n) is 2.23. The topological polar surface area (TPSA) is 71.1 Å². The zero-order valence-corrected chi connectivity index (χ0v) is 15.1. The van der Waals surface area contributed by atoms with Crippen LogP contribution in [-0.2, 0) is 4.74 Å². The van der Waals surface area contributed by atoms with Crippen molar-refractivity contribution in [3.05, 3.63) is 52.3 Å². The Bertz CT molecular complexity index is 837. The van der Waals surface area contributed by atoms with Crippen molar-refractivity contribution in [2.45, 2.75) is 0 Å². The van der Waals surface area contributed by atoms with Gasteiger partial charge in [0.2, 0.25) is 5.78 Å². The fourth-order valence-corrected chi connectivity index (χ4v) is 2.51. The van der Waals surface area contributed by atoms with E-state index in [1.165, 1.54) is 39.5 Å². The Morgan fingerprint density at radius 2 is 1.69 bits per heavy atom. The molecule has 0 saturated heterocycles.